The van der Waals surface area contributed by atoms with Gasteiger partial charge in [0, 0.05) is 11.0 Å². The van der Waals surface area contributed by atoms with Gasteiger partial charge in [0.1, 0.15) is 0 Å². The van der Waals surface area contributed by atoms with Crippen molar-refractivity contribution in [3.63, 3.8) is 0 Å². The highest BCUT2D eigenvalue weighted by Gasteiger charge is 2.15. The molecule has 72 valence electrons. The standard InChI is InChI=1S/C7H14O3S2/c8-10-9-5-2-1-3-7-4-6-11-12-7/h7-8H,1-6H2. The number of rotatable bonds is 6. The van der Waals surface area contributed by atoms with Crippen molar-refractivity contribution in [2.75, 3.05) is 12.4 Å². The summed E-state index contributed by atoms with van der Waals surface area (Å²) in [6.45, 7) is 0.487. The van der Waals surface area contributed by atoms with E-state index < -0.39 is 0 Å². The van der Waals surface area contributed by atoms with Crippen LogP contribution in [0.15, 0.2) is 0 Å². The van der Waals surface area contributed by atoms with E-state index in [1.165, 1.54) is 18.6 Å². The third-order valence-corrected chi connectivity index (χ3v) is 4.79. The quantitative estimate of drug-likeness (QED) is 0.316. The molecule has 0 aromatic carbocycles. The van der Waals surface area contributed by atoms with Crippen LogP contribution in [0.2, 0.25) is 0 Å². The Bertz CT molecular complexity index is 107. The molecule has 3 nitrogen and oxygen atoms in total. The Morgan fingerprint density at radius 1 is 1.42 bits per heavy atom. The Morgan fingerprint density at radius 3 is 3.00 bits per heavy atom. The molecule has 1 aliphatic heterocycles. The van der Waals surface area contributed by atoms with Gasteiger partial charge in [0.15, 0.2) is 0 Å². The van der Waals surface area contributed by atoms with Crippen LogP contribution in [0, 0.1) is 0 Å². The largest absolute Gasteiger partial charge is 0.221 e. The molecule has 1 aliphatic rings. The lowest BCUT2D eigenvalue weighted by atomic mass is 10.1. The first-order chi connectivity index (χ1) is 5.93. The Labute approximate surface area is 80.4 Å². The van der Waals surface area contributed by atoms with Crippen LogP contribution in [0.5, 0.6) is 0 Å². The second-order valence-electron chi connectivity index (χ2n) is 2.72. The fourth-order valence-electron chi connectivity index (χ4n) is 1.13. The maximum absolute atomic E-state index is 7.85. The fourth-order valence-corrected chi connectivity index (χ4v) is 4.16. The van der Waals surface area contributed by atoms with Crippen LogP contribution in [0.4, 0.5) is 0 Å². The summed E-state index contributed by atoms with van der Waals surface area (Å²) in [5, 5.41) is 12.2. The van der Waals surface area contributed by atoms with Crippen LogP contribution < -0.4 is 0 Å². The summed E-state index contributed by atoms with van der Waals surface area (Å²) in [6, 6.07) is 0. The smallest absolute Gasteiger partial charge is 0.0853 e. The van der Waals surface area contributed by atoms with Crippen molar-refractivity contribution in [2.24, 2.45) is 0 Å². The minimum absolute atomic E-state index is 0.487. The Hall–Kier alpha value is 0.580. The van der Waals surface area contributed by atoms with E-state index >= 15 is 0 Å². The monoisotopic (exact) mass is 210 g/mol. The van der Waals surface area contributed by atoms with E-state index in [2.05, 4.69) is 9.93 Å². The molecule has 0 radical (unpaired) electrons. The summed E-state index contributed by atoms with van der Waals surface area (Å²) in [6.07, 6.45) is 4.71. The second kappa shape index (κ2) is 7.03. The van der Waals surface area contributed by atoms with Gasteiger partial charge in [0.2, 0.25) is 0 Å². The third-order valence-electron chi connectivity index (χ3n) is 1.78. The van der Waals surface area contributed by atoms with Crippen molar-refractivity contribution in [3.8, 4) is 0 Å². The Kier molecular flexibility index (Phi) is 6.24. The molecule has 0 aromatic rings. The maximum Gasteiger partial charge on any atom is 0.0853 e. The molecular formula is C7H14O3S2. The van der Waals surface area contributed by atoms with Gasteiger partial charge in [-0.1, -0.05) is 26.6 Å². The molecule has 12 heavy (non-hydrogen) atoms. The normalized spacial score (nSPS) is 23.2. The van der Waals surface area contributed by atoms with Crippen LogP contribution in [0.1, 0.15) is 25.7 Å². The van der Waals surface area contributed by atoms with Crippen molar-refractivity contribution in [1.29, 1.82) is 0 Å². The van der Waals surface area contributed by atoms with Gasteiger partial charge >= 0.3 is 0 Å². The number of hydrogen-bond acceptors (Lipinski definition) is 5. The molecule has 1 unspecified atom stereocenters. The molecule has 0 bridgehead atoms. The van der Waals surface area contributed by atoms with E-state index in [1.807, 2.05) is 21.6 Å². The highest BCUT2D eigenvalue weighted by molar-refractivity contribution is 8.77. The van der Waals surface area contributed by atoms with Gasteiger partial charge in [0.25, 0.3) is 0 Å². The van der Waals surface area contributed by atoms with Gasteiger partial charge < -0.3 is 0 Å². The minimum atomic E-state index is 0.487. The molecule has 1 fully saturated rings. The van der Waals surface area contributed by atoms with Gasteiger partial charge in [0.05, 0.1) is 6.61 Å². The summed E-state index contributed by atoms with van der Waals surface area (Å²) in [4.78, 5) is 4.34. The van der Waals surface area contributed by atoms with E-state index in [0.29, 0.717) is 6.61 Å². The van der Waals surface area contributed by atoms with Crippen LogP contribution in [0.25, 0.3) is 0 Å². The average Bonchev–Trinajstić information content (AvgIpc) is 2.57. The molecular weight excluding hydrogens is 196 g/mol. The number of hydrogen-bond donors (Lipinski definition) is 1. The molecule has 0 amide bonds. The van der Waals surface area contributed by atoms with E-state index in [4.69, 9.17) is 5.26 Å². The summed E-state index contributed by atoms with van der Waals surface area (Å²) >= 11 is 0. The molecule has 0 aromatic heterocycles. The van der Waals surface area contributed by atoms with Gasteiger partial charge in [-0.05, 0) is 25.7 Å². The highest BCUT2D eigenvalue weighted by atomic mass is 33.1. The van der Waals surface area contributed by atoms with Crippen LogP contribution >= 0.6 is 21.6 Å². The van der Waals surface area contributed by atoms with E-state index in [9.17, 15) is 0 Å². The predicted octanol–water partition coefficient (Wildman–Crippen LogP) is 2.73. The summed E-state index contributed by atoms with van der Waals surface area (Å²) < 4.78 is 0. The molecule has 1 N–H and O–H groups in total. The second-order valence-corrected chi connectivity index (χ2v) is 5.51. The summed E-state index contributed by atoms with van der Waals surface area (Å²) in [5.41, 5.74) is 0. The predicted molar refractivity (Wildman–Crippen MR) is 52.0 cm³/mol. The molecule has 1 saturated heterocycles. The molecule has 1 atom stereocenters. The fraction of sp³-hybridized carbons (Fsp3) is 1.00. The van der Waals surface area contributed by atoms with Gasteiger partial charge in [-0.25, -0.2) is 10.1 Å². The number of unbranched alkanes of at least 4 members (excludes halogenated alkanes) is 1. The third kappa shape index (κ3) is 4.57. The first-order valence-electron chi connectivity index (χ1n) is 4.15. The Morgan fingerprint density at radius 2 is 2.33 bits per heavy atom. The Balaban J connectivity index is 1.81. The van der Waals surface area contributed by atoms with E-state index in [1.54, 1.807) is 0 Å². The lowest BCUT2D eigenvalue weighted by Gasteiger charge is -2.05. The molecule has 1 rings (SSSR count). The molecule has 0 aliphatic carbocycles. The van der Waals surface area contributed by atoms with Crippen molar-refractivity contribution in [3.05, 3.63) is 0 Å². The first-order valence-corrected chi connectivity index (χ1v) is 6.53. The summed E-state index contributed by atoms with van der Waals surface area (Å²) in [7, 11) is 3.97. The van der Waals surface area contributed by atoms with E-state index in [-0.39, 0.29) is 0 Å². The highest BCUT2D eigenvalue weighted by Crippen LogP contribution is 2.39. The zero-order chi connectivity index (χ0) is 8.65. The first kappa shape index (κ1) is 10.7. The average molecular weight is 210 g/mol. The lowest BCUT2D eigenvalue weighted by molar-refractivity contribution is -0.490. The van der Waals surface area contributed by atoms with Crippen molar-refractivity contribution < 1.29 is 15.2 Å². The SMILES string of the molecule is OOOCCCCC1CCSS1. The zero-order valence-corrected chi connectivity index (χ0v) is 8.53. The minimum Gasteiger partial charge on any atom is -0.221 e. The molecule has 0 spiro atoms. The molecule has 0 saturated carbocycles. The van der Waals surface area contributed by atoms with E-state index in [0.717, 1.165) is 18.1 Å². The van der Waals surface area contributed by atoms with Crippen LogP contribution in [0.3, 0.4) is 0 Å². The van der Waals surface area contributed by atoms with Gasteiger partial charge in [-0.2, -0.15) is 0 Å². The molecule has 1 heterocycles. The van der Waals surface area contributed by atoms with Crippen molar-refractivity contribution >= 4 is 21.6 Å². The lowest BCUT2D eigenvalue weighted by Crippen LogP contribution is -1.99. The van der Waals surface area contributed by atoms with Crippen molar-refractivity contribution in [1.82, 2.24) is 0 Å². The van der Waals surface area contributed by atoms with Crippen LogP contribution in [-0.4, -0.2) is 22.9 Å². The van der Waals surface area contributed by atoms with Crippen molar-refractivity contribution in [2.45, 2.75) is 30.9 Å². The van der Waals surface area contributed by atoms with Crippen LogP contribution in [-0.2, 0) is 9.93 Å². The van der Waals surface area contributed by atoms with Gasteiger partial charge in [-0.3, -0.25) is 0 Å². The zero-order valence-electron chi connectivity index (χ0n) is 6.90. The topological polar surface area (TPSA) is 38.7 Å². The summed E-state index contributed by atoms with van der Waals surface area (Å²) in [5.74, 6) is 1.30. The molecule has 5 heteroatoms. The maximum atomic E-state index is 7.85. The van der Waals surface area contributed by atoms with Gasteiger partial charge in [-0.15, -0.1) is 0 Å².